The lowest BCUT2D eigenvalue weighted by Crippen LogP contribution is -2.49. The van der Waals surface area contributed by atoms with E-state index >= 15 is 0 Å². The van der Waals surface area contributed by atoms with E-state index in [4.69, 9.17) is 4.74 Å². The maximum atomic E-state index is 11.5. The summed E-state index contributed by atoms with van der Waals surface area (Å²) in [5.41, 5.74) is 2.69. The standard InChI is InChI=1S/C21H24N8O3/c1-28-22-11-18(27-28)15-5-6-16(24-20(15)32-2)17-7-8-19(26-25-17)23-12-9-13-3-4-14(10-12)29(13)21(30)31/h5-8,11-14H,3-4,9-10H2,1-2H3,(H,23,26)(H,30,31)/t12-,13-,14+. The molecule has 2 saturated heterocycles. The van der Waals surface area contributed by atoms with E-state index < -0.39 is 6.09 Å². The lowest BCUT2D eigenvalue weighted by atomic mass is 9.98. The zero-order chi connectivity index (χ0) is 22.2. The van der Waals surface area contributed by atoms with Crippen LogP contribution in [0.3, 0.4) is 0 Å². The number of fused-ring (bicyclic) bond motifs is 2. The summed E-state index contributed by atoms with van der Waals surface area (Å²) in [6.45, 7) is 0. The normalized spacial score (nSPS) is 22.1. The van der Waals surface area contributed by atoms with E-state index in [2.05, 4.69) is 30.7 Å². The van der Waals surface area contributed by atoms with Crippen LogP contribution < -0.4 is 10.1 Å². The number of aromatic nitrogens is 6. The van der Waals surface area contributed by atoms with Gasteiger partial charge in [0.25, 0.3) is 0 Å². The van der Waals surface area contributed by atoms with Gasteiger partial charge in [-0.3, -0.25) is 0 Å². The summed E-state index contributed by atoms with van der Waals surface area (Å²) in [5.74, 6) is 1.11. The lowest BCUT2D eigenvalue weighted by Gasteiger charge is -2.37. The van der Waals surface area contributed by atoms with Crippen molar-refractivity contribution in [1.29, 1.82) is 0 Å². The Morgan fingerprint density at radius 3 is 2.44 bits per heavy atom. The van der Waals surface area contributed by atoms with Gasteiger partial charge in [0.1, 0.15) is 17.2 Å². The molecular formula is C21H24N8O3. The fourth-order valence-electron chi connectivity index (χ4n) is 4.77. The van der Waals surface area contributed by atoms with Crippen LogP contribution in [0, 0.1) is 0 Å². The summed E-state index contributed by atoms with van der Waals surface area (Å²) in [6.07, 6.45) is 4.28. The largest absolute Gasteiger partial charge is 0.480 e. The van der Waals surface area contributed by atoms with Gasteiger partial charge in [0.05, 0.1) is 24.6 Å². The number of carbonyl (C=O) groups is 1. The van der Waals surface area contributed by atoms with Crippen LogP contribution in [-0.4, -0.2) is 71.5 Å². The van der Waals surface area contributed by atoms with Gasteiger partial charge >= 0.3 is 6.09 Å². The van der Waals surface area contributed by atoms with E-state index in [-0.39, 0.29) is 18.1 Å². The molecule has 0 saturated carbocycles. The van der Waals surface area contributed by atoms with E-state index in [0.29, 0.717) is 28.8 Å². The highest BCUT2D eigenvalue weighted by Crippen LogP contribution is 2.36. The van der Waals surface area contributed by atoms with Crippen LogP contribution in [0.1, 0.15) is 25.7 Å². The number of ether oxygens (including phenoxy) is 1. The van der Waals surface area contributed by atoms with Crippen LogP contribution in [-0.2, 0) is 7.05 Å². The van der Waals surface area contributed by atoms with Crippen LogP contribution in [0.2, 0.25) is 0 Å². The summed E-state index contributed by atoms with van der Waals surface area (Å²) in [6, 6.07) is 7.82. The first kappa shape index (κ1) is 20.2. The van der Waals surface area contributed by atoms with Gasteiger partial charge in [-0.05, 0) is 49.9 Å². The minimum atomic E-state index is -0.812. The molecule has 0 aromatic carbocycles. The molecule has 2 aliphatic heterocycles. The zero-order valence-corrected chi connectivity index (χ0v) is 17.8. The highest BCUT2D eigenvalue weighted by molar-refractivity contribution is 5.68. The van der Waals surface area contributed by atoms with Gasteiger partial charge < -0.3 is 20.1 Å². The molecule has 0 spiro atoms. The van der Waals surface area contributed by atoms with Crippen molar-refractivity contribution in [3.05, 3.63) is 30.5 Å². The minimum absolute atomic E-state index is 0.0838. The monoisotopic (exact) mass is 436 g/mol. The number of nitrogens with zero attached hydrogens (tertiary/aromatic N) is 7. The molecule has 3 atom stereocenters. The van der Waals surface area contributed by atoms with Crippen molar-refractivity contribution in [3.63, 3.8) is 0 Å². The third-order valence-electron chi connectivity index (χ3n) is 6.16. The Morgan fingerprint density at radius 1 is 1.09 bits per heavy atom. The molecule has 2 fully saturated rings. The smallest absolute Gasteiger partial charge is 0.407 e. The Labute approximate surface area is 184 Å². The number of amides is 1. The second-order valence-electron chi connectivity index (χ2n) is 8.16. The summed E-state index contributed by atoms with van der Waals surface area (Å²) < 4.78 is 5.45. The number of aryl methyl sites for hydroxylation is 1. The van der Waals surface area contributed by atoms with Crippen molar-refractivity contribution in [2.75, 3.05) is 12.4 Å². The quantitative estimate of drug-likeness (QED) is 0.619. The minimum Gasteiger partial charge on any atom is -0.480 e. The van der Waals surface area contributed by atoms with Gasteiger partial charge in [-0.25, -0.2) is 9.78 Å². The average molecular weight is 436 g/mol. The Hall–Kier alpha value is -3.76. The second kappa shape index (κ2) is 8.06. The second-order valence-corrected chi connectivity index (χ2v) is 8.16. The fourth-order valence-corrected chi connectivity index (χ4v) is 4.77. The molecule has 0 unspecified atom stereocenters. The van der Waals surface area contributed by atoms with Crippen molar-refractivity contribution in [2.24, 2.45) is 7.05 Å². The number of anilines is 1. The number of carboxylic acid groups (broad SMARTS) is 1. The van der Waals surface area contributed by atoms with E-state index in [9.17, 15) is 9.90 Å². The third-order valence-corrected chi connectivity index (χ3v) is 6.16. The van der Waals surface area contributed by atoms with Crippen LogP contribution in [0.25, 0.3) is 22.6 Å². The molecule has 3 aromatic heterocycles. The molecule has 11 nitrogen and oxygen atoms in total. The van der Waals surface area contributed by atoms with Crippen molar-refractivity contribution >= 4 is 11.9 Å². The molecule has 2 bridgehead atoms. The van der Waals surface area contributed by atoms with Crippen LogP contribution in [0.4, 0.5) is 10.6 Å². The number of methoxy groups -OCH3 is 1. The maximum absolute atomic E-state index is 11.5. The predicted molar refractivity (Wildman–Crippen MR) is 115 cm³/mol. The number of pyridine rings is 1. The van der Waals surface area contributed by atoms with Gasteiger partial charge in [-0.15, -0.1) is 10.2 Å². The molecule has 166 valence electrons. The number of nitrogens with one attached hydrogen (secondary N) is 1. The summed E-state index contributed by atoms with van der Waals surface area (Å²) in [5, 5.41) is 29.9. The molecule has 0 radical (unpaired) electrons. The Kier molecular flexibility index (Phi) is 5.08. The van der Waals surface area contributed by atoms with Gasteiger partial charge in [0.15, 0.2) is 0 Å². The molecular weight excluding hydrogens is 412 g/mol. The van der Waals surface area contributed by atoms with Gasteiger partial charge in [-0.2, -0.15) is 15.0 Å². The molecule has 2 N–H and O–H groups in total. The van der Waals surface area contributed by atoms with Crippen molar-refractivity contribution in [3.8, 4) is 28.5 Å². The van der Waals surface area contributed by atoms with E-state index in [0.717, 1.165) is 31.2 Å². The molecule has 3 aromatic rings. The van der Waals surface area contributed by atoms with E-state index in [1.807, 2.05) is 24.3 Å². The number of hydrogen-bond donors (Lipinski definition) is 2. The summed E-state index contributed by atoms with van der Waals surface area (Å²) in [4.78, 5) is 19.1. The highest BCUT2D eigenvalue weighted by atomic mass is 16.5. The Balaban J connectivity index is 1.29. The molecule has 5 heterocycles. The fraction of sp³-hybridized carbons (Fsp3) is 0.429. The first-order valence-electron chi connectivity index (χ1n) is 10.6. The molecule has 2 aliphatic rings. The van der Waals surface area contributed by atoms with Gasteiger partial charge in [-0.1, -0.05) is 0 Å². The Bertz CT molecular complexity index is 1120. The first-order valence-corrected chi connectivity index (χ1v) is 10.6. The molecule has 32 heavy (non-hydrogen) atoms. The van der Waals surface area contributed by atoms with E-state index in [1.54, 1.807) is 25.3 Å². The van der Waals surface area contributed by atoms with Crippen molar-refractivity contribution in [1.82, 2.24) is 35.1 Å². The van der Waals surface area contributed by atoms with Crippen LogP contribution >= 0.6 is 0 Å². The van der Waals surface area contributed by atoms with Gasteiger partial charge in [0, 0.05) is 25.2 Å². The third kappa shape index (κ3) is 3.70. The zero-order valence-electron chi connectivity index (χ0n) is 17.8. The predicted octanol–water partition coefficient (Wildman–Crippen LogP) is 2.43. The van der Waals surface area contributed by atoms with Crippen LogP contribution in [0.15, 0.2) is 30.5 Å². The van der Waals surface area contributed by atoms with Crippen molar-refractivity contribution in [2.45, 2.75) is 43.8 Å². The molecule has 1 amide bonds. The van der Waals surface area contributed by atoms with Gasteiger partial charge in [0.2, 0.25) is 5.88 Å². The van der Waals surface area contributed by atoms with Crippen molar-refractivity contribution < 1.29 is 14.6 Å². The topological polar surface area (TPSA) is 131 Å². The number of piperidine rings is 1. The number of rotatable bonds is 5. The average Bonchev–Trinajstić information content (AvgIpc) is 3.34. The lowest BCUT2D eigenvalue weighted by molar-refractivity contribution is 0.0993. The highest BCUT2D eigenvalue weighted by Gasteiger charge is 2.43. The molecule has 11 heteroatoms. The number of hydrogen-bond acceptors (Lipinski definition) is 8. The maximum Gasteiger partial charge on any atom is 0.407 e. The first-order chi connectivity index (χ1) is 15.5. The van der Waals surface area contributed by atoms with E-state index in [1.165, 1.54) is 4.80 Å². The van der Waals surface area contributed by atoms with Crippen LogP contribution in [0.5, 0.6) is 5.88 Å². The SMILES string of the molecule is COc1nc(-c2ccc(N[C@@H]3C[C@H]4CC[C@@H](C3)N4C(=O)O)nn2)ccc1-c1cnn(C)n1. The molecule has 0 aliphatic carbocycles. The Morgan fingerprint density at radius 2 is 1.84 bits per heavy atom. The summed E-state index contributed by atoms with van der Waals surface area (Å²) in [7, 11) is 3.32. The molecule has 5 rings (SSSR count). The summed E-state index contributed by atoms with van der Waals surface area (Å²) >= 11 is 0.